The van der Waals surface area contributed by atoms with Crippen molar-refractivity contribution in [1.82, 2.24) is 4.90 Å². The Morgan fingerprint density at radius 2 is 1.62 bits per heavy atom. The van der Waals surface area contributed by atoms with Gasteiger partial charge in [0.2, 0.25) is 15.9 Å². The minimum Gasteiger partial charge on any atom is -0.340 e. The molecule has 0 aliphatic heterocycles. The predicted octanol–water partition coefficient (Wildman–Crippen LogP) is 2.95. The molecule has 0 heterocycles. The second-order valence-corrected chi connectivity index (χ2v) is 8.25. The summed E-state index contributed by atoms with van der Waals surface area (Å²) in [5, 5.41) is 0. The van der Waals surface area contributed by atoms with Gasteiger partial charge in [0.15, 0.2) is 0 Å². The first-order chi connectivity index (χ1) is 12.1. The third-order valence-corrected chi connectivity index (χ3v) is 5.31. The summed E-state index contributed by atoms with van der Waals surface area (Å²) >= 11 is 0. The predicted molar refractivity (Wildman–Crippen MR) is 101 cm³/mol. The first kappa shape index (κ1) is 19.9. The molecule has 26 heavy (non-hydrogen) atoms. The highest BCUT2D eigenvalue weighted by molar-refractivity contribution is 7.92. The van der Waals surface area contributed by atoms with Crippen LogP contribution in [0.3, 0.4) is 0 Å². The summed E-state index contributed by atoms with van der Waals surface area (Å²) in [5.41, 5.74) is 2.32. The van der Waals surface area contributed by atoms with Crippen molar-refractivity contribution in [3.8, 4) is 0 Å². The first-order valence-electron chi connectivity index (χ1n) is 8.15. The molecule has 5 nitrogen and oxygen atoms in total. The molecule has 0 spiro atoms. The lowest BCUT2D eigenvalue weighted by Gasteiger charge is -2.31. The van der Waals surface area contributed by atoms with Gasteiger partial charge in [-0.2, -0.15) is 0 Å². The Morgan fingerprint density at radius 1 is 1.08 bits per heavy atom. The lowest BCUT2D eigenvalue weighted by Crippen LogP contribution is -2.48. The molecular weight excluding hydrogens is 355 g/mol. The fraction of sp³-hybridized carbons (Fsp3) is 0.316. The number of likely N-dealkylation sites (N-methyl/N-ethyl adjacent to an activating group) is 1. The molecule has 0 saturated heterocycles. The number of hydrogen-bond donors (Lipinski definition) is 0. The standard InChI is InChI=1S/C19H23FN2O3S/c1-14-5-7-16(8-6-14)13-21(3)19(23)15(2)22(26(4,24)25)18-11-9-17(20)10-12-18/h5-12,15H,13H2,1-4H3/t15-/m0/s1. The van der Waals surface area contributed by atoms with Crippen LogP contribution in [0.1, 0.15) is 18.1 Å². The van der Waals surface area contributed by atoms with Gasteiger partial charge in [-0.15, -0.1) is 0 Å². The zero-order chi connectivity index (χ0) is 19.5. The lowest BCUT2D eigenvalue weighted by atomic mass is 10.1. The number of carbonyl (C=O) groups is 1. The van der Waals surface area contributed by atoms with Gasteiger partial charge in [-0.25, -0.2) is 12.8 Å². The van der Waals surface area contributed by atoms with E-state index in [2.05, 4.69) is 0 Å². The fourth-order valence-electron chi connectivity index (χ4n) is 2.75. The van der Waals surface area contributed by atoms with Crippen molar-refractivity contribution in [2.24, 2.45) is 0 Å². The van der Waals surface area contributed by atoms with Gasteiger partial charge in [0.05, 0.1) is 11.9 Å². The highest BCUT2D eigenvalue weighted by Crippen LogP contribution is 2.22. The van der Waals surface area contributed by atoms with Crippen molar-refractivity contribution in [3.63, 3.8) is 0 Å². The molecule has 0 aliphatic rings. The topological polar surface area (TPSA) is 57.7 Å². The summed E-state index contributed by atoms with van der Waals surface area (Å²) in [5.74, 6) is -0.821. The molecule has 0 radical (unpaired) electrons. The monoisotopic (exact) mass is 378 g/mol. The summed E-state index contributed by atoms with van der Waals surface area (Å²) in [6.07, 6.45) is 1.03. The molecule has 0 saturated carbocycles. The molecule has 1 amide bonds. The third-order valence-electron chi connectivity index (χ3n) is 4.06. The van der Waals surface area contributed by atoms with Crippen molar-refractivity contribution in [1.29, 1.82) is 0 Å². The van der Waals surface area contributed by atoms with E-state index >= 15 is 0 Å². The number of sulfonamides is 1. The molecular formula is C19H23FN2O3S. The molecule has 0 fully saturated rings. The molecule has 0 aliphatic carbocycles. The Labute approximate surface area is 154 Å². The van der Waals surface area contributed by atoms with E-state index in [0.717, 1.165) is 21.7 Å². The van der Waals surface area contributed by atoms with E-state index < -0.39 is 21.9 Å². The van der Waals surface area contributed by atoms with Gasteiger partial charge in [-0.3, -0.25) is 9.10 Å². The van der Waals surface area contributed by atoms with Crippen LogP contribution in [0.4, 0.5) is 10.1 Å². The second-order valence-electron chi connectivity index (χ2n) is 6.39. The minimum absolute atomic E-state index is 0.249. The van der Waals surface area contributed by atoms with Gasteiger partial charge < -0.3 is 4.90 Å². The lowest BCUT2D eigenvalue weighted by molar-refractivity contribution is -0.131. The van der Waals surface area contributed by atoms with Gasteiger partial charge in [0.1, 0.15) is 11.9 Å². The highest BCUT2D eigenvalue weighted by atomic mass is 32.2. The molecule has 0 unspecified atom stereocenters. The number of aryl methyl sites for hydroxylation is 1. The first-order valence-corrected chi connectivity index (χ1v) is 10.00. The number of hydrogen-bond acceptors (Lipinski definition) is 3. The van der Waals surface area contributed by atoms with E-state index in [1.165, 1.54) is 36.1 Å². The van der Waals surface area contributed by atoms with Crippen LogP contribution in [-0.2, 0) is 21.4 Å². The van der Waals surface area contributed by atoms with Gasteiger partial charge >= 0.3 is 0 Å². The summed E-state index contributed by atoms with van der Waals surface area (Å²) < 4.78 is 38.7. The fourth-order valence-corrected chi connectivity index (χ4v) is 3.92. The Balaban J connectivity index is 2.23. The zero-order valence-electron chi connectivity index (χ0n) is 15.3. The number of benzene rings is 2. The van der Waals surface area contributed by atoms with Gasteiger partial charge in [-0.05, 0) is 43.7 Å². The number of amides is 1. The van der Waals surface area contributed by atoms with Gasteiger partial charge in [0, 0.05) is 13.6 Å². The number of nitrogens with zero attached hydrogens (tertiary/aromatic N) is 2. The number of rotatable bonds is 6. The van der Waals surface area contributed by atoms with Crippen molar-refractivity contribution in [3.05, 3.63) is 65.5 Å². The molecule has 0 bridgehead atoms. The molecule has 0 N–H and O–H groups in total. The van der Waals surface area contributed by atoms with Crippen LogP contribution in [0.2, 0.25) is 0 Å². The summed E-state index contributed by atoms with van der Waals surface area (Å²) in [7, 11) is -2.09. The van der Waals surface area contributed by atoms with Gasteiger partial charge in [-0.1, -0.05) is 29.8 Å². The van der Waals surface area contributed by atoms with Crippen molar-refractivity contribution in [2.75, 3.05) is 17.6 Å². The number of halogens is 1. The average molecular weight is 378 g/mol. The molecule has 1 atom stereocenters. The van der Waals surface area contributed by atoms with E-state index in [-0.39, 0.29) is 11.6 Å². The van der Waals surface area contributed by atoms with E-state index in [4.69, 9.17) is 0 Å². The summed E-state index contributed by atoms with van der Waals surface area (Å²) in [4.78, 5) is 14.3. The SMILES string of the molecule is Cc1ccc(CN(C)C(=O)[C@H](C)N(c2ccc(F)cc2)S(C)(=O)=O)cc1. The van der Waals surface area contributed by atoms with Crippen molar-refractivity contribution >= 4 is 21.6 Å². The maximum atomic E-state index is 13.2. The largest absolute Gasteiger partial charge is 0.340 e. The quantitative estimate of drug-likeness (QED) is 0.777. The molecule has 140 valence electrons. The van der Waals surface area contributed by atoms with Crippen LogP contribution in [0, 0.1) is 12.7 Å². The summed E-state index contributed by atoms with van der Waals surface area (Å²) in [6, 6.07) is 11.8. The molecule has 2 aromatic carbocycles. The van der Waals surface area contributed by atoms with Crippen molar-refractivity contribution < 1.29 is 17.6 Å². The smallest absolute Gasteiger partial charge is 0.246 e. The van der Waals surface area contributed by atoms with Crippen LogP contribution in [0.15, 0.2) is 48.5 Å². The van der Waals surface area contributed by atoms with Gasteiger partial charge in [0.25, 0.3) is 0 Å². The maximum Gasteiger partial charge on any atom is 0.246 e. The molecule has 7 heteroatoms. The zero-order valence-corrected chi connectivity index (χ0v) is 16.1. The maximum absolute atomic E-state index is 13.2. The third kappa shape index (κ3) is 4.82. The Hall–Kier alpha value is -2.41. The molecule has 2 aromatic rings. The Kier molecular flexibility index (Phi) is 6.02. The Bertz CT molecular complexity index is 865. The van der Waals surface area contributed by atoms with Crippen LogP contribution >= 0.6 is 0 Å². The second kappa shape index (κ2) is 7.86. The van der Waals surface area contributed by atoms with E-state index in [9.17, 15) is 17.6 Å². The average Bonchev–Trinajstić information content (AvgIpc) is 2.57. The van der Waals surface area contributed by atoms with E-state index in [1.807, 2.05) is 31.2 Å². The summed E-state index contributed by atoms with van der Waals surface area (Å²) in [6.45, 7) is 3.87. The number of carbonyl (C=O) groups excluding carboxylic acids is 1. The minimum atomic E-state index is -3.72. The normalized spacial score (nSPS) is 12.5. The van der Waals surface area contributed by atoms with Crippen LogP contribution in [-0.4, -0.2) is 38.6 Å². The van der Waals surface area contributed by atoms with E-state index in [0.29, 0.717) is 6.54 Å². The van der Waals surface area contributed by atoms with Crippen LogP contribution in [0.25, 0.3) is 0 Å². The van der Waals surface area contributed by atoms with Crippen molar-refractivity contribution in [2.45, 2.75) is 26.4 Å². The molecule has 2 rings (SSSR count). The number of anilines is 1. The van der Waals surface area contributed by atoms with Crippen LogP contribution in [0.5, 0.6) is 0 Å². The van der Waals surface area contributed by atoms with E-state index in [1.54, 1.807) is 7.05 Å². The molecule has 0 aromatic heterocycles. The highest BCUT2D eigenvalue weighted by Gasteiger charge is 2.31. The van der Waals surface area contributed by atoms with Crippen LogP contribution < -0.4 is 4.31 Å². The Morgan fingerprint density at radius 3 is 2.12 bits per heavy atom.